The highest BCUT2D eigenvalue weighted by atomic mass is 19.1. The van der Waals surface area contributed by atoms with E-state index in [0.29, 0.717) is 0 Å². The third kappa shape index (κ3) is 7.37. The van der Waals surface area contributed by atoms with Gasteiger partial charge in [0.1, 0.15) is 5.82 Å². The van der Waals surface area contributed by atoms with E-state index in [1.54, 1.807) is 19.2 Å². The van der Waals surface area contributed by atoms with Crippen LogP contribution in [0.5, 0.6) is 0 Å². The topological polar surface area (TPSA) is 33.3 Å². The van der Waals surface area contributed by atoms with Crippen molar-refractivity contribution in [1.82, 2.24) is 10.6 Å². The van der Waals surface area contributed by atoms with Crippen LogP contribution in [-0.4, -0.2) is 39.9 Å². The molecular weight excluding hydrogens is 231 g/mol. The fourth-order valence-corrected chi connectivity index (χ4v) is 1.69. The molecule has 0 heterocycles. The maximum Gasteiger partial charge on any atom is 0.123 e. The zero-order chi connectivity index (χ0) is 13.1. The molecule has 0 aromatic heterocycles. The summed E-state index contributed by atoms with van der Waals surface area (Å²) in [5, 5.41) is 6.64. The average Bonchev–Trinajstić information content (AvgIpc) is 2.37. The summed E-state index contributed by atoms with van der Waals surface area (Å²) in [6, 6.07) is 6.78. The molecule has 1 rings (SSSR count). The number of ether oxygens (including phenoxy) is 1. The molecule has 1 aromatic rings. The molecule has 0 aliphatic rings. The van der Waals surface area contributed by atoms with Gasteiger partial charge in [-0.3, -0.25) is 0 Å². The van der Waals surface area contributed by atoms with Gasteiger partial charge in [-0.05, 0) is 50.2 Å². The highest BCUT2D eigenvalue weighted by Crippen LogP contribution is 2.03. The van der Waals surface area contributed by atoms with Crippen LogP contribution in [0.15, 0.2) is 24.3 Å². The van der Waals surface area contributed by atoms with Crippen LogP contribution in [-0.2, 0) is 11.2 Å². The number of hydrogen-bond acceptors (Lipinski definition) is 3. The third-order valence-electron chi connectivity index (χ3n) is 2.67. The molecule has 18 heavy (non-hydrogen) atoms. The van der Waals surface area contributed by atoms with Gasteiger partial charge in [0.25, 0.3) is 0 Å². The molecule has 0 fully saturated rings. The normalized spacial score (nSPS) is 10.8. The Morgan fingerprint density at radius 3 is 2.61 bits per heavy atom. The van der Waals surface area contributed by atoms with E-state index in [1.807, 2.05) is 6.07 Å². The van der Waals surface area contributed by atoms with Gasteiger partial charge in [-0.2, -0.15) is 0 Å². The van der Waals surface area contributed by atoms with Crippen molar-refractivity contribution in [2.24, 2.45) is 0 Å². The van der Waals surface area contributed by atoms with E-state index in [2.05, 4.69) is 10.6 Å². The number of halogens is 1. The lowest BCUT2D eigenvalue weighted by atomic mass is 10.1. The molecule has 0 bridgehead atoms. The summed E-state index contributed by atoms with van der Waals surface area (Å²) in [5.41, 5.74) is 1.04. The molecule has 0 aliphatic carbocycles. The van der Waals surface area contributed by atoms with Gasteiger partial charge in [-0.25, -0.2) is 4.39 Å². The van der Waals surface area contributed by atoms with E-state index in [9.17, 15) is 4.39 Å². The fourth-order valence-electron chi connectivity index (χ4n) is 1.69. The molecule has 1 aromatic carbocycles. The standard InChI is InChI=1S/C14H23FN2O/c1-18-11-10-17-8-3-7-16-9-6-13-4-2-5-14(15)12-13/h2,4-5,12,16-17H,3,6-11H2,1H3. The lowest BCUT2D eigenvalue weighted by molar-refractivity contribution is 0.199. The lowest BCUT2D eigenvalue weighted by Crippen LogP contribution is -2.25. The smallest absolute Gasteiger partial charge is 0.123 e. The van der Waals surface area contributed by atoms with E-state index < -0.39 is 0 Å². The second-order valence-corrected chi connectivity index (χ2v) is 4.23. The van der Waals surface area contributed by atoms with Crippen molar-refractivity contribution in [3.8, 4) is 0 Å². The SMILES string of the molecule is COCCNCCCNCCc1cccc(F)c1. The third-order valence-corrected chi connectivity index (χ3v) is 2.67. The molecule has 0 spiro atoms. The summed E-state index contributed by atoms with van der Waals surface area (Å²) in [5.74, 6) is -0.158. The Morgan fingerprint density at radius 2 is 1.89 bits per heavy atom. The van der Waals surface area contributed by atoms with E-state index in [-0.39, 0.29) is 5.82 Å². The van der Waals surface area contributed by atoms with Crippen molar-refractivity contribution < 1.29 is 9.13 Å². The first-order valence-electron chi connectivity index (χ1n) is 6.48. The Balaban J connectivity index is 1.92. The summed E-state index contributed by atoms with van der Waals surface area (Å²) in [7, 11) is 1.70. The summed E-state index contributed by atoms with van der Waals surface area (Å²) in [6.45, 7) is 4.53. The summed E-state index contributed by atoms with van der Waals surface area (Å²) in [4.78, 5) is 0. The van der Waals surface area contributed by atoms with Crippen LogP contribution in [0.3, 0.4) is 0 Å². The Kier molecular flexibility index (Phi) is 8.38. The molecule has 4 heteroatoms. The van der Waals surface area contributed by atoms with Crippen molar-refractivity contribution >= 4 is 0 Å². The van der Waals surface area contributed by atoms with Gasteiger partial charge in [-0.1, -0.05) is 12.1 Å². The predicted molar refractivity (Wildman–Crippen MR) is 72.3 cm³/mol. The molecular formula is C14H23FN2O. The minimum absolute atomic E-state index is 0.158. The van der Waals surface area contributed by atoms with Crippen molar-refractivity contribution in [3.05, 3.63) is 35.6 Å². The van der Waals surface area contributed by atoms with Crippen LogP contribution in [0.25, 0.3) is 0 Å². The second kappa shape index (κ2) is 10.00. The zero-order valence-corrected chi connectivity index (χ0v) is 11.0. The van der Waals surface area contributed by atoms with E-state index in [4.69, 9.17) is 4.74 Å². The number of rotatable bonds is 10. The average molecular weight is 254 g/mol. The van der Waals surface area contributed by atoms with Crippen LogP contribution in [0.1, 0.15) is 12.0 Å². The van der Waals surface area contributed by atoms with Gasteiger partial charge in [0.15, 0.2) is 0 Å². The maximum atomic E-state index is 12.9. The first-order chi connectivity index (χ1) is 8.83. The van der Waals surface area contributed by atoms with Crippen LogP contribution in [0.4, 0.5) is 4.39 Å². The van der Waals surface area contributed by atoms with E-state index in [1.165, 1.54) is 6.07 Å². The highest BCUT2D eigenvalue weighted by molar-refractivity contribution is 5.16. The Hall–Kier alpha value is -0.970. The number of benzene rings is 1. The lowest BCUT2D eigenvalue weighted by Gasteiger charge is -2.06. The van der Waals surface area contributed by atoms with Crippen molar-refractivity contribution in [1.29, 1.82) is 0 Å². The maximum absolute atomic E-state index is 12.9. The van der Waals surface area contributed by atoms with Gasteiger partial charge in [0, 0.05) is 13.7 Å². The summed E-state index contributed by atoms with van der Waals surface area (Å²) < 4.78 is 17.8. The number of methoxy groups -OCH3 is 1. The molecule has 0 radical (unpaired) electrons. The number of hydrogen-bond donors (Lipinski definition) is 2. The molecule has 3 nitrogen and oxygen atoms in total. The monoisotopic (exact) mass is 254 g/mol. The molecule has 0 saturated heterocycles. The molecule has 0 atom stereocenters. The highest BCUT2D eigenvalue weighted by Gasteiger charge is 1.95. The minimum Gasteiger partial charge on any atom is -0.383 e. The van der Waals surface area contributed by atoms with Crippen LogP contribution >= 0.6 is 0 Å². The van der Waals surface area contributed by atoms with Crippen LogP contribution in [0, 0.1) is 5.82 Å². The first kappa shape index (κ1) is 15.1. The molecule has 0 amide bonds. The van der Waals surface area contributed by atoms with E-state index in [0.717, 1.165) is 51.2 Å². The Bertz CT molecular complexity index is 320. The first-order valence-corrected chi connectivity index (χ1v) is 6.48. The summed E-state index contributed by atoms with van der Waals surface area (Å²) in [6.07, 6.45) is 1.96. The zero-order valence-electron chi connectivity index (χ0n) is 11.0. The number of nitrogens with one attached hydrogen (secondary N) is 2. The Labute approximate surface area is 109 Å². The van der Waals surface area contributed by atoms with Gasteiger partial charge < -0.3 is 15.4 Å². The summed E-state index contributed by atoms with van der Waals surface area (Å²) >= 11 is 0. The van der Waals surface area contributed by atoms with Gasteiger partial charge in [0.2, 0.25) is 0 Å². The molecule has 2 N–H and O–H groups in total. The molecule has 0 unspecified atom stereocenters. The molecule has 102 valence electrons. The second-order valence-electron chi connectivity index (χ2n) is 4.23. The molecule has 0 saturated carbocycles. The van der Waals surface area contributed by atoms with E-state index >= 15 is 0 Å². The fraction of sp³-hybridized carbons (Fsp3) is 0.571. The van der Waals surface area contributed by atoms with Crippen LogP contribution < -0.4 is 10.6 Å². The van der Waals surface area contributed by atoms with Gasteiger partial charge in [-0.15, -0.1) is 0 Å². The largest absolute Gasteiger partial charge is 0.383 e. The van der Waals surface area contributed by atoms with Gasteiger partial charge in [0.05, 0.1) is 6.61 Å². The minimum atomic E-state index is -0.158. The van der Waals surface area contributed by atoms with Crippen molar-refractivity contribution in [2.75, 3.05) is 39.9 Å². The van der Waals surface area contributed by atoms with Crippen molar-refractivity contribution in [2.45, 2.75) is 12.8 Å². The molecule has 0 aliphatic heterocycles. The van der Waals surface area contributed by atoms with Crippen molar-refractivity contribution in [3.63, 3.8) is 0 Å². The van der Waals surface area contributed by atoms with Gasteiger partial charge >= 0.3 is 0 Å². The van der Waals surface area contributed by atoms with Crippen LogP contribution in [0.2, 0.25) is 0 Å². The quantitative estimate of drug-likeness (QED) is 0.622. The Morgan fingerprint density at radius 1 is 1.11 bits per heavy atom. The predicted octanol–water partition coefficient (Wildman–Crippen LogP) is 1.58.